The molecule has 2 heteroatoms. The first-order valence-electron chi connectivity index (χ1n) is 4.80. The van der Waals surface area contributed by atoms with Crippen LogP contribution in [0.2, 0.25) is 5.02 Å². The molecule has 72 valence electrons. The van der Waals surface area contributed by atoms with Gasteiger partial charge in [-0.25, -0.2) is 0 Å². The predicted octanol–water partition coefficient (Wildman–Crippen LogP) is 3.72. The number of hydrogen-bond donors (Lipinski definition) is 1. The molecule has 0 aliphatic rings. The Morgan fingerprint density at radius 2 is 2.08 bits per heavy atom. The molecule has 13 heavy (non-hydrogen) atoms. The summed E-state index contributed by atoms with van der Waals surface area (Å²) in [6.45, 7) is 5.25. The molecule has 0 atom stereocenters. The lowest BCUT2D eigenvalue weighted by atomic mass is 10.1. The van der Waals surface area contributed by atoms with Gasteiger partial charge in [-0.15, -0.1) is 0 Å². The fourth-order valence-corrected chi connectivity index (χ4v) is 1.45. The van der Waals surface area contributed by atoms with Gasteiger partial charge in [-0.05, 0) is 30.5 Å². The van der Waals surface area contributed by atoms with Gasteiger partial charge in [0, 0.05) is 6.54 Å². The van der Waals surface area contributed by atoms with Crippen LogP contribution in [0.3, 0.4) is 0 Å². The third-order valence-corrected chi connectivity index (χ3v) is 2.32. The minimum atomic E-state index is 0.827. The van der Waals surface area contributed by atoms with Crippen molar-refractivity contribution in [2.24, 2.45) is 0 Å². The van der Waals surface area contributed by atoms with Gasteiger partial charge in [-0.3, -0.25) is 0 Å². The summed E-state index contributed by atoms with van der Waals surface area (Å²) in [4.78, 5) is 0. The lowest BCUT2D eigenvalue weighted by molar-refractivity contribution is 0.979. The van der Waals surface area contributed by atoms with Crippen LogP contribution in [0.15, 0.2) is 18.2 Å². The molecule has 1 nitrogen and oxygen atoms in total. The van der Waals surface area contributed by atoms with Crippen molar-refractivity contribution in [2.75, 3.05) is 11.9 Å². The van der Waals surface area contributed by atoms with E-state index in [-0.39, 0.29) is 0 Å². The Hall–Kier alpha value is -0.690. The zero-order valence-corrected chi connectivity index (χ0v) is 8.99. The van der Waals surface area contributed by atoms with Crippen LogP contribution in [-0.2, 0) is 6.42 Å². The van der Waals surface area contributed by atoms with E-state index in [0.717, 1.165) is 30.1 Å². The molecule has 0 saturated carbocycles. The third-order valence-electron chi connectivity index (χ3n) is 2.01. The Labute approximate surface area is 85.1 Å². The lowest BCUT2D eigenvalue weighted by Crippen LogP contribution is -2.00. The number of benzene rings is 1. The Balaban J connectivity index is 2.73. The molecule has 0 unspecified atom stereocenters. The highest BCUT2D eigenvalue weighted by molar-refractivity contribution is 6.33. The van der Waals surface area contributed by atoms with Gasteiger partial charge < -0.3 is 5.32 Å². The molecule has 1 rings (SSSR count). The molecular weight excluding hydrogens is 182 g/mol. The van der Waals surface area contributed by atoms with E-state index in [2.05, 4.69) is 31.3 Å². The fourth-order valence-electron chi connectivity index (χ4n) is 1.18. The maximum Gasteiger partial charge on any atom is 0.0640 e. The van der Waals surface area contributed by atoms with Crippen LogP contribution in [-0.4, -0.2) is 6.54 Å². The van der Waals surface area contributed by atoms with Crippen LogP contribution in [0, 0.1) is 0 Å². The van der Waals surface area contributed by atoms with Gasteiger partial charge in [0.1, 0.15) is 0 Å². The van der Waals surface area contributed by atoms with Gasteiger partial charge in [0.05, 0.1) is 10.7 Å². The molecule has 0 aliphatic heterocycles. The molecule has 1 aromatic carbocycles. The van der Waals surface area contributed by atoms with Crippen molar-refractivity contribution in [3.63, 3.8) is 0 Å². The maximum atomic E-state index is 6.08. The molecule has 0 saturated heterocycles. The quantitative estimate of drug-likeness (QED) is 0.776. The topological polar surface area (TPSA) is 12.0 Å². The number of anilines is 1. The van der Waals surface area contributed by atoms with E-state index in [0.29, 0.717) is 0 Å². The van der Waals surface area contributed by atoms with E-state index in [1.165, 1.54) is 5.56 Å². The van der Waals surface area contributed by atoms with Crippen LogP contribution >= 0.6 is 11.6 Å². The Kier molecular flexibility index (Phi) is 4.10. The minimum absolute atomic E-state index is 0.827. The number of halogens is 1. The second kappa shape index (κ2) is 5.13. The molecule has 0 spiro atoms. The number of rotatable bonds is 4. The zero-order chi connectivity index (χ0) is 9.68. The normalized spacial score (nSPS) is 10.1. The second-order valence-electron chi connectivity index (χ2n) is 3.09. The summed E-state index contributed by atoms with van der Waals surface area (Å²) < 4.78 is 0. The average Bonchev–Trinajstić information content (AvgIpc) is 2.16. The molecule has 0 heterocycles. The highest BCUT2D eigenvalue weighted by Crippen LogP contribution is 2.23. The molecular formula is C11H16ClN. The van der Waals surface area contributed by atoms with Crippen LogP contribution in [0.1, 0.15) is 25.8 Å². The Morgan fingerprint density at radius 3 is 2.62 bits per heavy atom. The van der Waals surface area contributed by atoms with E-state index < -0.39 is 0 Å². The minimum Gasteiger partial charge on any atom is -0.384 e. The van der Waals surface area contributed by atoms with Crippen molar-refractivity contribution < 1.29 is 0 Å². The summed E-state index contributed by atoms with van der Waals surface area (Å²) in [5.74, 6) is 0. The third kappa shape index (κ3) is 2.92. The number of aryl methyl sites for hydroxylation is 1. The molecule has 1 N–H and O–H groups in total. The van der Waals surface area contributed by atoms with Crippen LogP contribution in [0.25, 0.3) is 0 Å². The summed E-state index contributed by atoms with van der Waals surface area (Å²) in [7, 11) is 0. The van der Waals surface area contributed by atoms with Crippen LogP contribution in [0.5, 0.6) is 0 Å². The highest BCUT2D eigenvalue weighted by Gasteiger charge is 1.99. The molecule has 0 aromatic heterocycles. The van der Waals surface area contributed by atoms with Crippen molar-refractivity contribution in [3.8, 4) is 0 Å². The maximum absolute atomic E-state index is 6.08. The smallest absolute Gasteiger partial charge is 0.0640 e. The first-order chi connectivity index (χ1) is 6.27. The van der Waals surface area contributed by atoms with E-state index in [4.69, 9.17) is 11.6 Å². The molecule has 1 aromatic rings. The molecule has 0 radical (unpaired) electrons. The molecule has 0 bridgehead atoms. The van der Waals surface area contributed by atoms with Crippen molar-refractivity contribution in [3.05, 3.63) is 28.8 Å². The first-order valence-corrected chi connectivity index (χ1v) is 5.18. The van der Waals surface area contributed by atoms with Gasteiger partial charge in [0.25, 0.3) is 0 Å². The van der Waals surface area contributed by atoms with E-state index in [1.807, 2.05) is 6.07 Å². The van der Waals surface area contributed by atoms with Crippen molar-refractivity contribution in [2.45, 2.75) is 26.7 Å². The largest absolute Gasteiger partial charge is 0.384 e. The Bertz CT molecular complexity index is 271. The highest BCUT2D eigenvalue weighted by atomic mass is 35.5. The van der Waals surface area contributed by atoms with Crippen LogP contribution in [0.4, 0.5) is 5.69 Å². The van der Waals surface area contributed by atoms with Crippen molar-refractivity contribution in [1.29, 1.82) is 0 Å². The van der Waals surface area contributed by atoms with Gasteiger partial charge in [-0.2, -0.15) is 0 Å². The van der Waals surface area contributed by atoms with Gasteiger partial charge in [0.2, 0.25) is 0 Å². The number of nitrogens with one attached hydrogen (secondary N) is 1. The van der Waals surface area contributed by atoms with Gasteiger partial charge >= 0.3 is 0 Å². The van der Waals surface area contributed by atoms with E-state index in [9.17, 15) is 0 Å². The second-order valence-corrected chi connectivity index (χ2v) is 3.50. The predicted molar refractivity (Wildman–Crippen MR) is 59.6 cm³/mol. The molecule has 0 amide bonds. The average molecular weight is 198 g/mol. The fraction of sp³-hybridized carbons (Fsp3) is 0.455. The molecule has 0 fully saturated rings. The molecule has 0 aliphatic carbocycles. The van der Waals surface area contributed by atoms with Crippen molar-refractivity contribution >= 4 is 17.3 Å². The first kappa shape index (κ1) is 10.4. The summed E-state index contributed by atoms with van der Waals surface area (Å²) in [5, 5.41) is 4.11. The summed E-state index contributed by atoms with van der Waals surface area (Å²) in [6.07, 6.45) is 2.15. The lowest BCUT2D eigenvalue weighted by Gasteiger charge is -2.07. The van der Waals surface area contributed by atoms with Gasteiger partial charge in [0.15, 0.2) is 0 Å². The summed E-state index contributed by atoms with van der Waals surface area (Å²) in [6, 6.07) is 6.19. The van der Waals surface area contributed by atoms with Gasteiger partial charge in [-0.1, -0.05) is 31.5 Å². The van der Waals surface area contributed by atoms with Crippen molar-refractivity contribution in [1.82, 2.24) is 0 Å². The number of hydrogen-bond acceptors (Lipinski definition) is 1. The summed E-state index contributed by atoms with van der Waals surface area (Å²) >= 11 is 6.08. The SMILES string of the molecule is CCCNc1ccc(CC)cc1Cl. The van der Waals surface area contributed by atoms with E-state index in [1.54, 1.807) is 0 Å². The monoisotopic (exact) mass is 197 g/mol. The Morgan fingerprint density at radius 1 is 1.31 bits per heavy atom. The van der Waals surface area contributed by atoms with E-state index >= 15 is 0 Å². The van der Waals surface area contributed by atoms with Crippen LogP contribution < -0.4 is 5.32 Å². The zero-order valence-electron chi connectivity index (χ0n) is 8.23. The standard InChI is InChI=1S/C11H16ClN/c1-3-7-13-11-6-5-9(4-2)8-10(11)12/h5-6,8,13H,3-4,7H2,1-2H3. The summed E-state index contributed by atoms with van der Waals surface area (Å²) in [5.41, 5.74) is 2.33.